The maximum absolute atomic E-state index is 6.59. The number of likely N-dealkylation sites (tertiary alicyclic amines) is 1. The minimum absolute atomic E-state index is 0.00388. The molecule has 1 heterocycles. The van der Waals surface area contributed by atoms with Crippen LogP contribution >= 0.6 is 0 Å². The number of rotatable bonds is 8. The molecule has 0 aliphatic carbocycles. The molecule has 0 amide bonds. The van der Waals surface area contributed by atoms with E-state index in [1.54, 1.807) is 0 Å². The van der Waals surface area contributed by atoms with Crippen LogP contribution in [0.3, 0.4) is 0 Å². The predicted molar refractivity (Wildman–Crippen MR) is 107 cm³/mol. The number of piperidine rings is 1. The predicted octanol–water partition coefficient (Wildman–Crippen LogP) is 3.28. The zero-order valence-electron chi connectivity index (χ0n) is 15.5. The molecule has 0 aromatic heterocycles. The van der Waals surface area contributed by atoms with Gasteiger partial charge in [-0.15, -0.1) is 0 Å². The van der Waals surface area contributed by atoms with Crippen LogP contribution in [0.1, 0.15) is 42.9 Å². The Morgan fingerprint density at radius 2 is 1.42 bits per heavy atom. The van der Waals surface area contributed by atoms with Gasteiger partial charge in [-0.05, 0) is 43.4 Å². The van der Waals surface area contributed by atoms with Gasteiger partial charge >= 0.3 is 0 Å². The fraction of sp³-hybridized carbons (Fsp3) is 0.455. The fourth-order valence-corrected chi connectivity index (χ4v) is 3.62. The van der Waals surface area contributed by atoms with Crippen molar-refractivity contribution in [3.63, 3.8) is 0 Å². The zero-order chi connectivity index (χ0) is 18.2. The van der Waals surface area contributed by atoms with Gasteiger partial charge in [0.15, 0.2) is 0 Å². The number of hydrogen-bond acceptors (Lipinski definition) is 4. The van der Waals surface area contributed by atoms with E-state index in [1.165, 1.54) is 11.1 Å². The smallest absolute Gasteiger partial charge is 0.108 e. The van der Waals surface area contributed by atoms with E-state index >= 15 is 0 Å². The summed E-state index contributed by atoms with van der Waals surface area (Å²) in [5.74, 6) is 0. The molecule has 0 bridgehead atoms. The van der Waals surface area contributed by atoms with Gasteiger partial charge in [0.1, 0.15) is 6.10 Å². The standard InChI is InChI=1S/C22H31N3O/c23-21(24)12-7-15-25-16-13-20(14-17-25)26-22(18-8-3-1-4-9-18)19-10-5-2-6-11-19/h1-6,8-11,20-22H,7,12-17,23-24H2. The largest absolute Gasteiger partial charge is 0.365 e. The van der Waals surface area contributed by atoms with Crippen molar-refractivity contribution < 1.29 is 4.74 Å². The summed E-state index contributed by atoms with van der Waals surface area (Å²) >= 11 is 0. The van der Waals surface area contributed by atoms with Gasteiger partial charge in [0.2, 0.25) is 0 Å². The van der Waals surface area contributed by atoms with Crippen molar-refractivity contribution in [1.29, 1.82) is 0 Å². The molecule has 0 spiro atoms. The second-order valence-corrected chi connectivity index (χ2v) is 7.18. The maximum atomic E-state index is 6.59. The molecule has 4 N–H and O–H groups in total. The van der Waals surface area contributed by atoms with Gasteiger partial charge in [-0.25, -0.2) is 0 Å². The van der Waals surface area contributed by atoms with Crippen molar-refractivity contribution in [3.05, 3.63) is 71.8 Å². The molecule has 1 aliphatic rings. The molecule has 4 nitrogen and oxygen atoms in total. The maximum Gasteiger partial charge on any atom is 0.108 e. The van der Waals surface area contributed by atoms with Gasteiger partial charge in [-0.2, -0.15) is 0 Å². The van der Waals surface area contributed by atoms with Crippen molar-refractivity contribution in [2.75, 3.05) is 19.6 Å². The van der Waals surface area contributed by atoms with Crippen molar-refractivity contribution in [1.82, 2.24) is 4.90 Å². The van der Waals surface area contributed by atoms with Crippen molar-refractivity contribution in [3.8, 4) is 0 Å². The first kappa shape index (κ1) is 19.1. The summed E-state index contributed by atoms with van der Waals surface area (Å²) in [5.41, 5.74) is 13.7. The van der Waals surface area contributed by atoms with E-state index in [1.807, 2.05) is 0 Å². The Bertz CT molecular complexity index is 585. The fourth-order valence-electron chi connectivity index (χ4n) is 3.62. The van der Waals surface area contributed by atoms with E-state index in [2.05, 4.69) is 65.6 Å². The number of nitrogens with two attached hydrogens (primary N) is 2. The normalized spacial score (nSPS) is 16.5. The Hall–Kier alpha value is -1.72. The highest BCUT2D eigenvalue weighted by Gasteiger charge is 2.24. The van der Waals surface area contributed by atoms with Crippen LogP contribution in [0.25, 0.3) is 0 Å². The Balaban J connectivity index is 1.57. The van der Waals surface area contributed by atoms with Gasteiger partial charge in [0.05, 0.1) is 12.3 Å². The van der Waals surface area contributed by atoms with Gasteiger partial charge in [-0.3, -0.25) is 0 Å². The zero-order valence-corrected chi connectivity index (χ0v) is 15.5. The van der Waals surface area contributed by atoms with E-state index in [4.69, 9.17) is 16.2 Å². The number of ether oxygens (including phenoxy) is 1. The van der Waals surface area contributed by atoms with Crippen LogP contribution in [-0.2, 0) is 4.74 Å². The molecular formula is C22H31N3O. The van der Waals surface area contributed by atoms with Gasteiger partial charge < -0.3 is 21.1 Å². The van der Waals surface area contributed by atoms with E-state index < -0.39 is 0 Å². The van der Waals surface area contributed by atoms with E-state index in [9.17, 15) is 0 Å². The molecule has 2 aromatic carbocycles. The minimum Gasteiger partial charge on any atom is -0.365 e. The van der Waals surface area contributed by atoms with Crippen molar-refractivity contribution in [2.45, 2.75) is 44.1 Å². The highest BCUT2D eigenvalue weighted by Crippen LogP contribution is 2.29. The van der Waals surface area contributed by atoms with Crippen LogP contribution in [0.2, 0.25) is 0 Å². The molecule has 0 saturated carbocycles. The third kappa shape index (κ3) is 5.64. The molecule has 1 fully saturated rings. The molecule has 1 aliphatic heterocycles. The van der Waals surface area contributed by atoms with E-state index in [-0.39, 0.29) is 12.3 Å². The third-order valence-electron chi connectivity index (χ3n) is 5.08. The second-order valence-electron chi connectivity index (χ2n) is 7.18. The summed E-state index contributed by atoms with van der Waals surface area (Å²) < 4.78 is 6.59. The first-order valence-electron chi connectivity index (χ1n) is 9.71. The van der Waals surface area contributed by atoms with Crippen molar-refractivity contribution in [2.24, 2.45) is 11.5 Å². The van der Waals surface area contributed by atoms with Gasteiger partial charge in [0.25, 0.3) is 0 Å². The van der Waals surface area contributed by atoms with E-state index in [0.29, 0.717) is 6.10 Å². The van der Waals surface area contributed by atoms with Crippen LogP contribution in [0.5, 0.6) is 0 Å². The Morgan fingerprint density at radius 1 is 0.885 bits per heavy atom. The molecule has 3 rings (SSSR count). The van der Waals surface area contributed by atoms with Crippen LogP contribution < -0.4 is 11.5 Å². The first-order chi connectivity index (χ1) is 12.7. The highest BCUT2D eigenvalue weighted by molar-refractivity contribution is 5.30. The molecule has 140 valence electrons. The average molecular weight is 354 g/mol. The Morgan fingerprint density at radius 3 is 1.92 bits per heavy atom. The first-order valence-corrected chi connectivity index (χ1v) is 9.71. The summed E-state index contributed by atoms with van der Waals surface area (Å²) in [6.45, 7) is 3.25. The topological polar surface area (TPSA) is 64.5 Å². The van der Waals surface area contributed by atoms with Crippen LogP contribution in [0.4, 0.5) is 0 Å². The lowest BCUT2D eigenvalue weighted by atomic mass is 10.00. The molecule has 26 heavy (non-hydrogen) atoms. The third-order valence-corrected chi connectivity index (χ3v) is 5.08. The van der Waals surface area contributed by atoms with Crippen molar-refractivity contribution >= 4 is 0 Å². The SMILES string of the molecule is NC(N)CCCN1CCC(OC(c2ccccc2)c2ccccc2)CC1. The second kappa shape index (κ2) is 9.83. The quantitative estimate of drug-likeness (QED) is 0.715. The van der Waals surface area contributed by atoms with Gasteiger partial charge in [0, 0.05) is 13.1 Å². The molecule has 0 radical (unpaired) electrons. The summed E-state index contributed by atoms with van der Waals surface area (Å²) in [6, 6.07) is 21.1. The lowest BCUT2D eigenvalue weighted by Crippen LogP contribution is -2.39. The molecule has 4 heteroatoms. The highest BCUT2D eigenvalue weighted by atomic mass is 16.5. The Kier molecular flexibility index (Phi) is 7.21. The van der Waals surface area contributed by atoms with Crippen LogP contribution in [0.15, 0.2) is 60.7 Å². The molecule has 0 atom stereocenters. The summed E-state index contributed by atoms with van der Waals surface area (Å²) in [5, 5.41) is 0. The average Bonchev–Trinajstić information content (AvgIpc) is 2.68. The van der Waals surface area contributed by atoms with Crippen LogP contribution in [0, 0.1) is 0 Å². The van der Waals surface area contributed by atoms with E-state index in [0.717, 1.165) is 45.3 Å². The minimum atomic E-state index is -0.187. The molecular weight excluding hydrogens is 322 g/mol. The lowest BCUT2D eigenvalue weighted by molar-refractivity contribution is -0.0271. The number of benzene rings is 2. The molecule has 2 aromatic rings. The monoisotopic (exact) mass is 353 g/mol. The Labute approximate surface area is 157 Å². The number of nitrogens with zero attached hydrogens (tertiary/aromatic N) is 1. The summed E-state index contributed by atoms with van der Waals surface area (Å²) in [7, 11) is 0. The summed E-state index contributed by atoms with van der Waals surface area (Å²) in [6.07, 6.45) is 4.22. The molecule has 0 unspecified atom stereocenters. The molecule has 1 saturated heterocycles. The summed E-state index contributed by atoms with van der Waals surface area (Å²) in [4.78, 5) is 2.50. The van der Waals surface area contributed by atoms with Crippen LogP contribution in [-0.4, -0.2) is 36.8 Å². The van der Waals surface area contributed by atoms with Gasteiger partial charge in [-0.1, -0.05) is 60.7 Å². The lowest BCUT2D eigenvalue weighted by Gasteiger charge is -2.34. The number of hydrogen-bond donors (Lipinski definition) is 2.